The minimum absolute atomic E-state index is 0.223. The van der Waals surface area contributed by atoms with Crippen LogP contribution in [0, 0.1) is 5.82 Å². The predicted molar refractivity (Wildman–Crippen MR) is 126 cm³/mol. The van der Waals surface area contributed by atoms with Crippen LogP contribution in [0.1, 0.15) is 27.9 Å². The number of nitrogens with zero attached hydrogens (tertiary/aromatic N) is 2. The van der Waals surface area contributed by atoms with E-state index in [0.29, 0.717) is 12.1 Å². The summed E-state index contributed by atoms with van der Waals surface area (Å²) in [5, 5.41) is 11.7. The van der Waals surface area contributed by atoms with Gasteiger partial charge in [-0.1, -0.05) is 24.3 Å². The molecular weight excluding hydrogens is 461 g/mol. The summed E-state index contributed by atoms with van der Waals surface area (Å²) in [6.07, 6.45) is 7.72. The van der Waals surface area contributed by atoms with Crippen LogP contribution in [-0.4, -0.2) is 53.0 Å². The lowest BCUT2D eigenvalue weighted by atomic mass is 10.0. The third-order valence-electron chi connectivity index (χ3n) is 5.00. The summed E-state index contributed by atoms with van der Waals surface area (Å²) in [5.41, 5.74) is 2.53. The molecule has 1 amide bonds. The number of nitrogens with one attached hydrogen (secondary N) is 1. The van der Waals surface area contributed by atoms with Crippen molar-refractivity contribution in [2.75, 3.05) is 12.0 Å². The maximum Gasteiger partial charge on any atom is 0.326 e. The molecule has 0 saturated carbocycles. The van der Waals surface area contributed by atoms with Crippen molar-refractivity contribution in [3.8, 4) is 0 Å². The second-order valence-electron chi connectivity index (χ2n) is 7.82. The minimum atomic E-state index is -3.38. The van der Waals surface area contributed by atoms with E-state index >= 15 is 0 Å². The topological polar surface area (TPSA) is 118 Å². The molecule has 3 aromatic rings. The molecule has 0 aliphatic heterocycles. The van der Waals surface area contributed by atoms with Crippen molar-refractivity contribution < 1.29 is 27.5 Å². The highest BCUT2D eigenvalue weighted by molar-refractivity contribution is 7.90. The molecule has 34 heavy (non-hydrogen) atoms. The number of benzene rings is 2. The van der Waals surface area contributed by atoms with Gasteiger partial charge in [-0.2, -0.15) is 0 Å². The van der Waals surface area contributed by atoms with E-state index in [2.05, 4.69) is 10.3 Å². The van der Waals surface area contributed by atoms with Gasteiger partial charge in [0.05, 0.1) is 12.1 Å². The Balaban J connectivity index is 1.85. The van der Waals surface area contributed by atoms with Crippen LogP contribution >= 0.6 is 0 Å². The lowest BCUT2D eigenvalue weighted by Gasteiger charge is -2.14. The van der Waals surface area contributed by atoms with Gasteiger partial charge in [-0.05, 0) is 53.5 Å². The Morgan fingerprint density at radius 2 is 1.91 bits per heavy atom. The number of sulfone groups is 1. The average molecular weight is 486 g/mol. The summed E-state index contributed by atoms with van der Waals surface area (Å²) < 4.78 is 38.0. The number of carboxylic acids is 1. The first-order chi connectivity index (χ1) is 16.1. The molecule has 3 rings (SSSR count). The van der Waals surface area contributed by atoms with Gasteiger partial charge >= 0.3 is 5.97 Å². The van der Waals surface area contributed by atoms with Crippen LogP contribution in [-0.2, 0) is 21.2 Å². The van der Waals surface area contributed by atoms with Crippen LogP contribution in [0.15, 0.2) is 67.3 Å². The molecule has 2 aromatic carbocycles. The molecule has 0 saturated heterocycles. The Labute approximate surface area is 196 Å². The SMILES string of the molecule is CS(=O)(=O)CC[C@H](NC(=O)c1cccc(/C=C(/Cn2ccnc2)c2ccc(F)cc2)c1)C(=O)O. The maximum absolute atomic E-state index is 13.4. The standard InChI is InChI=1S/C24H24FN3O5S/c1-34(32,33)12-9-22(24(30)31)27-23(29)19-4-2-3-17(13-19)14-20(15-28-11-10-26-16-28)18-5-7-21(25)8-6-18/h2-8,10-11,13-14,16,22H,9,12,15H2,1H3,(H,27,29)(H,30,31)/b20-14-/t22-/m0/s1. The zero-order chi connectivity index (χ0) is 24.7. The molecule has 0 aliphatic carbocycles. The monoisotopic (exact) mass is 485 g/mol. The Kier molecular flexibility index (Phi) is 7.95. The van der Waals surface area contributed by atoms with Gasteiger partial charge in [0, 0.05) is 30.8 Å². The molecule has 10 heteroatoms. The van der Waals surface area contributed by atoms with Gasteiger partial charge < -0.3 is 15.0 Å². The molecule has 8 nitrogen and oxygen atoms in total. The molecule has 0 fully saturated rings. The van der Waals surface area contributed by atoms with Crippen molar-refractivity contribution in [2.45, 2.75) is 19.0 Å². The van der Waals surface area contributed by atoms with Gasteiger partial charge in [-0.15, -0.1) is 0 Å². The molecule has 0 unspecified atom stereocenters. The van der Waals surface area contributed by atoms with Crippen LogP contribution in [0.25, 0.3) is 11.6 Å². The van der Waals surface area contributed by atoms with E-state index < -0.39 is 27.8 Å². The average Bonchev–Trinajstić information content (AvgIpc) is 3.29. The molecule has 0 bridgehead atoms. The Morgan fingerprint density at radius 1 is 1.18 bits per heavy atom. The van der Waals surface area contributed by atoms with Crippen LogP contribution in [0.2, 0.25) is 0 Å². The fraction of sp³-hybridized carbons (Fsp3) is 0.208. The Bertz CT molecular complexity index is 1290. The third kappa shape index (κ3) is 7.38. The minimum Gasteiger partial charge on any atom is -0.480 e. The van der Waals surface area contributed by atoms with E-state index in [-0.39, 0.29) is 23.6 Å². The number of imidazole rings is 1. The lowest BCUT2D eigenvalue weighted by Crippen LogP contribution is -2.41. The van der Waals surface area contributed by atoms with Crippen molar-refractivity contribution in [3.05, 3.63) is 89.8 Å². The van der Waals surface area contributed by atoms with Crippen LogP contribution < -0.4 is 5.32 Å². The second kappa shape index (κ2) is 10.9. The first kappa shape index (κ1) is 24.8. The summed E-state index contributed by atoms with van der Waals surface area (Å²) in [6.45, 7) is 0.453. The number of amides is 1. The highest BCUT2D eigenvalue weighted by Crippen LogP contribution is 2.21. The van der Waals surface area contributed by atoms with E-state index in [4.69, 9.17) is 0 Å². The number of aliphatic carboxylic acids is 1. The normalized spacial score (nSPS) is 12.8. The van der Waals surface area contributed by atoms with Gasteiger partial charge in [0.25, 0.3) is 5.91 Å². The fourth-order valence-electron chi connectivity index (χ4n) is 3.26. The first-order valence-electron chi connectivity index (χ1n) is 10.3. The largest absolute Gasteiger partial charge is 0.480 e. The van der Waals surface area contributed by atoms with Crippen LogP contribution in [0.4, 0.5) is 4.39 Å². The Hall–Kier alpha value is -3.79. The van der Waals surface area contributed by atoms with Crippen molar-refractivity contribution in [3.63, 3.8) is 0 Å². The number of rotatable bonds is 10. The first-order valence-corrected chi connectivity index (χ1v) is 12.4. The van der Waals surface area contributed by atoms with Crippen molar-refractivity contribution in [2.24, 2.45) is 0 Å². The number of hydrogen-bond donors (Lipinski definition) is 2. The quantitative estimate of drug-likeness (QED) is 0.427. The van der Waals surface area contributed by atoms with E-state index in [1.165, 1.54) is 18.2 Å². The number of allylic oxidation sites excluding steroid dienone is 1. The summed E-state index contributed by atoms with van der Waals surface area (Å²) in [7, 11) is -3.38. The van der Waals surface area contributed by atoms with Crippen molar-refractivity contribution >= 4 is 33.4 Å². The fourth-order valence-corrected chi connectivity index (χ4v) is 3.93. The zero-order valence-corrected chi connectivity index (χ0v) is 19.2. The molecule has 2 N–H and O–H groups in total. The van der Waals surface area contributed by atoms with Crippen molar-refractivity contribution in [1.29, 1.82) is 0 Å². The molecule has 0 aliphatic rings. The number of carboxylic acid groups (broad SMARTS) is 1. The van der Waals surface area contributed by atoms with Gasteiger partial charge in [-0.3, -0.25) is 4.79 Å². The van der Waals surface area contributed by atoms with Crippen LogP contribution in [0.3, 0.4) is 0 Å². The molecule has 1 heterocycles. The van der Waals surface area contributed by atoms with Gasteiger partial charge in [-0.25, -0.2) is 22.6 Å². The molecule has 0 radical (unpaired) electrons. The summed E-state index contributed by atoms with van der Waals surface area (Å²) in [5.74, 6) is -2.66. The van der Waals surface area contributed by atoms with Crippen LogP contribution in [0.5, 0.6) is 0 Å². The second-order valence-corrected chi connectivity index (χ2v) is 10.1. The third-order valence-corrected chi connectivity index (χ3v) is 5.97. The van der Waals surface area contributed by atoms with Gasteiger partial charge in [0.15, 0.2) is 0 Å². The number of carbonyl (C=O) groups is 2. The highest BCUT2D eigenvalue weighted by Gasteiger charge is 2.22. The van der Waals surface area contributed by atoms with Crippen molar-refractivity contribution in [1.82, 2.24) is 14.9 Å². The predicted octanol–water partition coefficient (Wildman–Crippen LogP) is 2.88. The van der Waals surface area contributed by atoms with E-state index in [1.807, 2.05) is 10.6 Å². The van der Waals surface area contributed by atoms with E-state index in [9.17, 15) is 27.5 Å². The number of aromatic nitrogens is 2. The maximum atomic E-state index is 13.4. The summed E-state index contributed by atoms with van der Waals surface area (Å²) >= 11 is 0. The molecule has 1 aromatic heterocycles. The smallest absolute Gasteiger partial charge is 0.326 e. The molecule has 1 atom stereocenters. The van der Waals surface area contributed by atoms with Gasteiger partial charge in [0.2, 0.25) is 0 Å². The van der Waals surface area contributed by atoms with E-state index in [0.717, 1.165) is 17.4 Å². The number of hydrogen-bond acceptors (Lipinski definition) is 5. The Morgan fingerprint density at radius 3 is 2.53 bits per heavy atom. The number of halogens is 1. The summed E-state index contributed by atoms with van der Waals surface area (Å²) in [4.78, 5) is 28.2. The van der Waals surface area contributed by atoms with E-state index in [1.54, 1.807) is 49.1 Å². The zero-order valence-electron chi connectivity index (χ0n) is 18.4. The lowest BCUT2D eigenvalue weighted by molar-refractivity contribution is -0.139. The molecular formula is C24H24FN3O5S. The molecule has 178 valence electrons. The summed E-state index contributed by atoms with van der Waals surface area (Å²) in [6, 6.07) is 11.3. The number of carbonyl (C=O) groups excluding carboxylic acids is 1. The highest BCUT2D eigenvalue weighted by atomic mass is 32.2. The molecule has 0 spiro atoms. The van der Waals surface area contributed by atoms with Gasteiger partial charge in [0.1, 0.15) is 21.7 Å².